The third-order valence-electron chi connectivity index (χ3n) is 5.64. The number of hydrogen-bond donors (Lipinski definition) is 4. The summed E-state index contributed by atoms with van der Waals surface area (Å²) < 4.78 is 32.4. The molecule has 4 rings (SSSR count). The van der Waals surface area contributed by atoms with Crippen molar-refractivity contribution in [3.05, 3.63) is 35.6 Å². The molecule has 0 aliphatic carbocycles. The lowest BCUT2D eigenvalue weighted by atomic mass is 10.0. The van der Waals surface area contributed by atoms with Gasteiger partial charge in [-0.05, 0) is 30.7 Å². The third kappa shape index (κ3) is 4.88. The van der Waals surface area contributed by atoms with Crippen LogP contribution >= 0.6 is 0 Å². The van der Waals surface area contributed by atoms with E-state index in [0.717, 1.165) is 17.0 Å². The molecule has 3 heterocycles. The second-order valence-corrected chi connectivity index (χ2v) is 7.94. The number of primary amides is 1. The molecule has 0 radical (unpaired) electrons. The van der Waals surface area contributed by atoms with Crippen LogP contribution < -0.4 is 26.8 Å². The van der Waals surface area contributed by atoms with Crippen molar-refractivity contribution < 1.29 is 23.4 Å². The average Bonchev–Trinajstić information content (AvgIpc) is 3.17. The lowest BCUT2D eigenvalue weighted by molar-refractivity contribution is 0.0751. The second-order valence-electron chi connectivity index (χ2n) is 7.94. The van der Waals surface area contributed by atoms with Gasteiger partial charge in [0, 0.05) is 31.5 Å². The fourth-order valence-electron chi connectivity index (χ4n) is 3.85. The summed E-state index contributed by atoms with van der Waals surface area (Å²) in [6.07, 6.45) is 0.603. The number of pyridine rings is 1. The Labute approximate surface area is 195 Å². The number of benzene rings is 1. The number of anilines is 3. The Morgan fingerprint density at radius 1 is 1.32 bits per heavy atom. The van der Waals surface area contributed by atoms with E-state index in [-0.39, 0.29) is 29.3 Å². The van der Waals surface area contributed by atoms with Gasteiger partial charge in [0.2, 0.25) is 5.88 Å². The summed E-state index contributed by atoms with van der Waals surface area (Å²) in [6, 6.07) is 5.99. The van der Waals surface area contributed by atoms with Crippen molar-refractivity contribution >= 4 is 34.1 Å². The number of halogens is 1. The summed E-state index contributed by atoms with van der Waals surface area (Å²) in [6.45, 7) is 1.92. The number of fused-ring (bicyclic) bond motifs is 1. The van der Waals surface area contributed by atoms with Gasteiger partial charge in [-0.15, -0.1) is 5.10 Å². The summed E-state index contributed by atoms with van der Waals surface area (Å²) >= 11 is 0. The predicted octanol–water partition coefficient (Wildman–Crippen LogP) is 1.60. The number of amides is 1. The molecule has 1 aliphatic heterocycles. The van der Waals surface area contributed by atoms with Crippen LogP contribution in [0.5, 0.6) is 5.88 Å². The number of nitrogens with two attached hydrogens (primary N) is 2. The minimum atomic E-state index is -0.811. The molecular weight excluding hydrogens is 445 g/mol. The molecule has 1 fully saturated rings. The number of carbonyl (C=O) groups is 1. The van der Waals surface area contributed by atoms with Crippen molar-refractivity contribution in [2.24, 2.45) is 11.5 Å². The average molecular weight is 474 g/mol. The molecule has 1 aliphatic rings. The van der Waals surface area contributed by atoms with E-state index in [9.17, 15) is 9.18 Å². The van der Waals surface area contributed by atoms with E-state index in [4.69, 9.17) is 25.7 Å². The van der Waals surface area contributed by atoms with Crippen LogP contribution in [0.25, 0.3) is 10.9 Å². The van der Waals surface area contributed by atoms with E-state index in [1.54, 1.807) is 17.9 Å². The molecule has 182 valence electrons. The largest absolute Gasteiger partial charge is 0.479 e. The number of nitrogens with one attached hydrogen (secondary N) is 2. The maximum atomic E-state index is 14.8. The van der Waals surface area contributed by atoms with Gasteiger partial charge in [0.25, 0.3) is 5.91 Å². The van der Waals surface area contributed by atoms with Crippen molar-refractivity contribution in [1.29, 1.82) is 0 Å². The molecule has 11 nitrogen and oxygen atoms in total. The van der Waals surface area contributed by atoms with Gasteiger partial charge in [-0.25, -0.2) is 9.37 Å². The second kappa shape index (κ2) is 10.2. The molecule has 6 N–H and O–H groups in total. The highest BCUT2D eigenvalue weighted by Crippen LogP contribution is 2.30. The number of rotatable bonds is 9. The molecule has 3 aromatic rings. The van der Waals surface area contributed by atoms with E-state index in [1.165, 1.54) is 7.11 Å². The highest BCUT2D eigenvalue weighted by atomic mass is 19.1. The van der Waals surface area contributed by atoms with Crippen molar-refractivity contribution in [3.63, 3.8) is 0 Å². The zero-order valence-electron chi connectivity index (χ0n) is 19.0. The zero-order valence-corrected chi connectivity index (χ0v) is 19.0. The minimum Gasteiger partial charge on any atom is -0.479 e. The molecule has 2 aromatic heterocycles. The summed E-state index contributed by atoms with van der Waals surface area (Å²) in [7, 11) is 3.16. The van der Waals surface area contributed by atoms with Crippen LogP contribution in [-0.2, 0) is 16.0 Å². The van der Waals surface area contributed by atoms with Gasteiger partial charge in [-0.1, -0.05) is 0 Å². The fourth-order valence-corrected chi connectivity index (χ4v) is 3.85. The Morgan fingerprint density at radius 3 is 2.85 bits per heavy atom. The van der Waals surface area contributed by atoms with Crippen molar-refractivity contribution in [1.82, 2.24) is 14.8 Å². The van der Waals surface area contributed by atoms with Crippen LogP contribution in [0.1, 0.15) is 16.8 Å². The first-order valence-electron chi connectivity index (χ1n) is 10.8. The van der Waals surface area contributed by atoms with Crippen LogP contribution in [0.4, 0.5) is 21.7 Å². The lowest BCUT2D eigenvalue weighted by Gasteiger charge is -2.30. The monoisotopic (exact) mass is 473 g/mol. The molecule has 12 heteroatoms. The zero-order chi connectivity index (χ0) is 24.2. The maximum Gasteiger partial charge on any atom is 0.252 e. The smallest absolute Gasteiger partial charge is 0.252 e. The number of carbonyl (C=O) groups excluding carboxylic acids is 1. The standard InChI is InChI=1S/C22H28FN7O4/c1-32-8-6-30-18-4-3-12(9-13(18)22(29-30)33-2)26-20-14(19(25)31)10-15(23)21(28-20)27-17-5-7-34-11-16(17)24/h3-4,9-10,16-17H,5-8,11,24H2,1-2H3,(H2,25,31)(H2,26,27,28)/t16-,17+/m0/s1. The number of ether oxygens (including phenoxy) is 3. The first-order valence-corrected chi connectivity index (χ1v) is 10.8. The minimum absolute atomic E-state index is 0.0270. The summed E-state index contributed by atoms with van der Waals surface area (Å²) in [5.74, 6) is -0.986. The first kappa shape index (κ1) is 23.7. The predicted molar refractivity (Wildman–Crippen MR) is 125 cm³/mol. The van der Waals surface area contributed by atoms with Crippen LogP contribution in [0.3, 0.4) is 0 Å². The van der Waals surface area contributed by atoms with Crippen LogP contribution in [0.15, 0.2) is 24.3 Å². The summed E-state index contributed by atoms with van der Waals surface area (Å²) in [5, 5.41) is 11.3. The van der Waals surface area contributed by atoms with Gasteiger partial charge >= 0.3 is 0 Å². The quantitative estimate of drug-likeness (QED) is 0.363. The Balaban J connectivity index is 1.67. The van der Waals surface area contributed by atoms with E-state index >= 15 is 0 Å². The summed E-state index contributed by atoms with van der Waals surface area (Å²) in [4.78, 5) is 16.3. The SMILES string of the molecule is COCCn1nc(OC)c2cc(Nc3nc(N[C@@H]4CCOC[C@@H]4N)c(F)cc3C(N)=O)ccc21. The van der Waals surface area contributed by atoms with Gasteiger partial charge in [-0.2, -0.15) is 0 Å². The topological polar surface area (TPSA) is 152 Å². The number of hydrogen-bond acceptors (Lipinski definition) is 9. The van der Waals surface area contributed by atoms with Gasteiger partial charge in [-0.3, -0.25) is 9.48 Å². The molecule has 1 amide bonds. The van der Waals surface area contributed by atoms with Crippen molar-refractivity contribution in [3.8, 4) is 5.88 Å². The van der Waals surface area contributed by atoms with E-state index in [2.05, 4.69) is 20.7 Å². The molecule has 0 unspecified atom stereocenters. The molecule has 34 heavy (non-hydrogen) atoms. The van der Waals surface area contributed by atoms with Crippen LogP contribution in [0, 0.1) is 5.82 Å². The highest BCUT2D eigenvalue weighted by Gasteiger charge is 2.25. The normalized spacial score (nSPS) is 18.1. The van der Waals surface area contributed by atoms with Gasteiger partial charge in [0.1, 0.15) is 5.82 Å². The molecule has 1 aromatic carbocycles. The van der Waals surface area contributed by atoms with Gasteiger partial charge in [0.15, 0.2) is 11.6 Å². The number of aromatic nitrogens is 3. The Hall–Kier alpha value is -3.48. The maximum absolute atomic E-state index is 14.8. The molecule has 2 atom stereocenters. The fraction of sp³-hybridized carbons (Fsp3) is 0.409. The number of nitrogens with zero attached hydrogens (tertiary/aromatic N) is 3. The Bertz CT molecular complexity index is 1190. The summed E-state index contributed by atoms with van der Waals surface area (Å²) in [5.41, 5.74) is 12.9. The highest BCUT2D eigenvalue weighted by molar-refractivity contribution is 5.99. The van der Waals surface area contributed by atoms with Crippen LogP contribution in [-0.4, -0.2) is 66.8 Å². The molecule has 1 saturated heterocycles. The lowest BCUT2D eigenvalue weighted by Crippen LogP contribution is -2.47. The van der Waals surface area contributed by atoms with Crippen LogP contribution in [0.2, 0.25) is 0 Å². The van der Waals surface area contributed by atoms with Gasteiger partial charge < -0.3 is 36.3 Å². The number of methoxy groups -OCH3 is 2. The molecule has 0 spiro atoms. The molecule has 0 bridgehead atoms. The van der Waals surface area contributed by atoms with E-state index in [0.29, 0.717) is 44.4 Å². The van der Waals surface area contributed by atoms with E-state index in [1.807, 2.05) is 12.1 Å². The Kier molecular flexibility index (Phi) is 7.10. The van der Waals surface area contributed by atoms with Crippen molar-refractivity contribution in [2.75, 3.05) is 44.7 Å². The molecule has 0 saturated carbocycles. The van der Waals surface area contributed by atoms with E-state index < -0.39 is 11.7 Å². The van der Waals surface area contributed by atoms with Gasteiger partial charge in [0.05, 0.1) is 43.3 Å². The third-order valence-corrected chi connectivity index (χ3v) is 5.64. The molecular formula is C22H28FN7O4. The van der Waals surface area contributed by atoms with Crippen molar-refractivity contribution in [2.45, 2.75) is 25.0 Å². The Morgan fingerprint density at radius 2 is 2.15 bits per heavy atom. The first-order chi connectivity index (χ1) is 16.4.